The number of aliphatic hydroxyl groups excluding tert-OH is 1. The summed E-state index contributed by atoms with van der Waals surface area (Å²) in [6.07, 6.45) is 9.19. The molecule has 2 heteroatoms. The molecule has 0 spiro atoms. The van der Waals surface area contributed by atoms with Gasteiger partial charge in [-0.05, 0) is 45.1 Å². The van der Waals surface area contributed by atoms with Gasteiger partial charge in [0.25, 0.3) is 0 Å². The molecule has 0 aromatic rings. The first-order valence-electron chi connectivity index (χ1n) is 5.32. The quantitative estimate of drug-likeness (QED) is 0.636. The van der Waals surface area contributed by atoms with E-state index in [0.717, 1.165) is 18.9 Å². The summed E-state index contributed by atoms with van der Waals surface area (Å²) in [4.78, 5) is 0. The van der Waals surface area contributed by atoms with Gasteiger partial charge in [0.2, 0.25) is 0 Å². The molecule has 0 aromatic heterocycles. The van der Waals surface area contributed by atoms with Crippen molar-refractivity contribution in [3.63, 3.8) is 0 Å². The summed E-state index contributed by atoms with van der Waals surface area (Å²) in [5.41, 5.74) is 0. The van der Waals surface area contributed by atoms with Crippen LogP contribution in [-0.2, 0) is 0 Å². The second-order valence-electron chi connectivity index (χ2n) is 3.97. The molecule has 1 unspecified atom stereocenters. The van der Waals surface area contributed by atoms with Crippen LogP contribution in [0, 0.1) is 5.92 Å². The van der Waals surface area contributed by atoms with E-state index in [1.165, 1.54) is 19.3 Å². The fourth-order valence-electron chi connectivity index (χ4n) is 1.71. The molecule has 0 fully saturated rings. The van der Waals surface area contributed by atoms with Crippen LogP contribution in [0.25, 0.3) is 0 Å². The molecule has 0 saturated heterocycles. The van der Waals surface area contributed by atoms with E-state index in [1.54, 1.807) is 0 Å². The van der Waals surface area contributed by atoms with Crippen LogP contribution in [0.4, 0.5) is 0 Å². The predicted octanol–water partition coefficient (Wildman–Crippen LogP) is 1.70. The van der Waals surface area contributed by atoms with Crippen LogP contribution in [-0.4, -0.2) is 24.3 Å². The topological polar surface area (TPSA) is 32.3 Å². The fraction of sp³-hybridized carbons (Fsp3) is 0.818. The van der Waals surface area contributed by atoms with E-state index in [0.29, 0.717) is 12.6 Å². The molecule has 2 N–H and O–H groups in total. The van der Waals surface area contributed by atoms with Crippen LogP contribution < -0.4 is 5.32 Å². The SMILES string of the molecule is C[C@H](CCO)NCC1CC=CCC1. The van der Waals surface area contributed by atoms with Crippen molar-refractivity contribution in [1.29, 1.82) is 0 Å². The van der Waals surface area contributed by atoms with Crippen molar-refractivity contribution in [2.45, 2.75) is 38.6 Å². The lowest BCUT2D eigenvalue weighted by Crippen LogP contribution is -2.32. The number of hydrogen-bond donors (Lipinski definition) is 2. The maximum Gasteiger partial charge on any atom is 0.0445 e. The van der Waals surface area contributed by atoms with Gasteiger partial charge in [0.15, 0.2) is 0 Å². The Morgan fingerprint density at radius 3 is 3.00 bits per heavy atom. The molecule has 0 bridgehead atoms. The van der Waals surface area contributed by atoms with Crippen molar-refractivity contribution in [3.8, 4) is 0 Å². The molecule has 1 aliphatic rings. The average molecular weight is 183 g/mol. The zero-order valence-electron chi connectivity index (χ0n) is 8.50. The van der Waals surface area contributed by atoms with Crippen LogP contribution in [0.15, 0.2) is 12.2 Å². The summed E-state index contributed by atoms with van der Waals surface area (Å²) in [5.74, 6) is 0.811. The van der Waals surface area contributed by atoms with E-state index in [-0.39, 0.29) is 0 Å². The van der Waals surface area contributed by atoms with Crippen molar-refractivity contribution in [2.75, 3.05) is 13.2 Å². The summed E-state index contributed by atoms with van der Waals surface area (Å²) < 4.78 is 0. The van der Waals surface area contributed by atoms with Crippen molar-refractivity contribution in [2.24, 2.45) is 5.92 Å². The first-order valence-corrected chi connectivity index (χ1v) is 5.32. The van der Waals surface area contributed by atoms with Crippen LogP contribution in [0.5, 0.6) is 0 Å². The number of allylic oxidation sites excluding steroid dienone is 2. The molecule has 1 rings (SSSR count). The lowest BCUT2D eigenvalue weighted by molar-refractivity contribution is 0.265. The first kappa shape index (κ1) is 10.7. The highest BCUT2D eigenvalue weighted by Crippen LogP contribution is 2.17. The Balaban J connectivity index is 2.07. The Morgan fingerprint density at radius 2 is 2.38 bits per heavy atom. The molecule has 1 aliphatic carbocycles. The van der Waals surface area contributed by atoms with Gasteiger partial charge in [-0.3, -0.25) is 0 Å². The van der Waals surface area contributed by atoms with Gasteiger partial charge in [0.1, 0.15) is 0 Å². The maximum atomic E-state index is 8.72. The van der Waals surface area contributed by atoms with Crippen molar-refractivity contribution in [3.05, 3.63) is 12.2 Å². The second kappa shape index (κ2) is 6.17. The predicted molar refractivity (Wildman–Crippen MR) is 55.6 cm³/mol. The molecule has 2 atom stereocenters. The van der Waals surface area contributed by atoms with Crippen molar-refractivity contribution in [1.82, 2.24) is 5.32 Å². The summed E-state index contributed by atoms with van der Waals surface area (Å²) in [6, 6.07) is 0.455. The van der Waals surface area contributed by atoms with Gasteiger partial charge < -0.3 is 10.4 Å². The standard InChI is InChI=1S/C11H21NO/c1-10(7-8-13)12-9-11-5-3-2-4-6-11/h2-3,10-13H,4-9H2,1H3/t10-,11?/m1/s1. The van der Waals surface area contributed by atoms with E-state index in [1.807, 2.05) is 0 Å². The van der Waals surface area contributed by atoms with E-state index in [2.05, 4.69) is 24.4 Å². The molecule has 0 aromatic carbocycles. The largest absolute Gasteiger partial charge is 0.396 e. The minimum atomic E-state index is 0.290. The third-order valence-electron chi connectivity index (χ3n) is 2.69. The lowest BCUT2D eigenvalue weighted by Gasteiger charge is -2.20. The normalized spacial score (nSPS) is 24.6. The van der Waals surface area contributed by atoms with Crippen LogP contribution in [0.3, 0.4) is 0 Å². The highest BCUT2D eigenvalue weighted by atomic mass is 16.3. The van der Waals surface area contributed by atoms with Gasteiger partial charge in [0.05, 0.1) is 0 Å². The van der Waals surface area contributed by atoms with Gasteiger partial charge in [-0.25, -0.2) is 0 Å². The molecule has 0 saturated carbocycles. The molecule has 0 amide bonds. The van der Waals surface area contributed by atoms with Gasteiger partial charge in [-0.1, -0.05) is 12.2 Å². The lowest BCUT2D eigenvalue weighted by atomic mass is 9.94. The monoisotopic (exact) mass is 183 g/mol. The molecule has 0 aliphatic heterocycles. The third kappa shape index (κ3) is 4.44. The van der Waals surface area contributed by atoms with Gasteiger partial charge in [-0.2, -0.15) is 0 Å². The molecule has 0 heterocycles. The Kier molecular flexibility index (Phi) is 5.09. The van der Waals surface area contributed by atoms with E-state index < -0.39 is 0 Å². The summed E-state index contributed by atoms with van der Waals surface area (Å²) in [7, 11) is 0. The Hall–Kier alpha value is -0.340. The van der Waals surface area contributed by atoms with E-state index >= 15 is 0 Å². The molecular weight excluding hydrogens is 162 g/mol. The number of hydrogen-bond acceptors (Lipinski definition) is 2. The highest BCUT2D eigenvalue weighted by Gasteiger charge is 2.10. The minimum Gasteiger partial charge on any atom is -0.396 e. The number of rotatable bonds is 5. The minimum absolute atomic E-state index is 0.290. The molecular formula is C11H21NO. The number of aliphatic hydroxyl groups is 1. The Morgan fingerprint density at radius 1 is 1.54 bits per heavy atom. The molecule has 13 heavy (non-hydrogen) atoms. The first-order chi connectivity index (χ1) is 6.33. The maximum absolute atomic E-state index is 8.72. The van der Waals surface area contributed by atoms with Crippen LogP contribution in [0.2, 0.25) is 0 Å². The van der Waals surface area contributed by atoms with Crippen molar-refractivity contribution >= 4 is 0 Å². The van der Waals surface area contributed by atoms with E-state index in [9.17, 15) is 0 Å². The summed E-state index contributed by atoms with van der Waals surface area (Å²) in [5, 5.41) is 12.2. The van der Waals surface area contributed by atoms with Gasteiger partial charge in [-0.15, -0.1) is 0 Å². The van der Waals surface area contributed by atoms with Crippen LogP contribution >= 0.6 is 0 Å². The second-order valence-corrected chi connectivity index (χ2v) is 3.97. The van der Waals surface area contributed by atoms with Gasteiger partial charge >= 0.3 is 0 Å². The number of nitrogens with one attached hydrogen (secondary N) is 1. The molecule has 76 valence electrons. The van der Waals surface area contributed by atoms with E-state index in [4.69, 9.17) is 5.11 Å². The average Bonchev–Trinajstić information content (AvgIpc) is 2.17. The van der Waals surface area contributed by atoms with Crippen LogP contribution in [0.1, 0.15) is 32.6 Å². The summed E-state index contributed by atoms with van der Waals surface area (Å²) in [6.45, 7) is 3.53. The van der Waals surface area contributed by atoms with Crippen molar-refractivity contribution < 1.29 is 5.11 Å². The zero-order chi connectivity index (χ0) is 9.52. The molecule has 0 radical (unpaired) electrons. The smallest absolute Gasteiger partial charge is 0.0445 e. The fourth-order valence-corrected chi connectivity index (χ4v) is 1.71. The third-order valence-corrected chi connectivity index (χ3v) is 2.69. The Labute approximate surface area is 81.0 Å². The summed E-state index contributed by atoms with van der Waals surface area (Å²) >= 11 is 0. The Bertz CT molecular complexity index is 156. The zero-order valence-corrected chi connectivity index (χ0v) is 8.50. The molecule has 2 nitrogen and oxygen atoms in total. The van der Waals surface area contributed by atoms with Gasteiger partial charge in [0, 0.05) is 12.6 Å². The highest BCUT2D eigenvalue weighted by molar-refractivity contribution is 4.90.